The summed E-state index contributed by atoms with van der Waals surface area (Å²) >= 11 is 5.96. The van der Waals surface area contributed by atoms with E-state index in [0.29, 0.717) is 18.3 Å². The molecule has 112 valence electrons. The lowest BCUT2D eigenvalue weighted by molar-refractivity contribution is -0.384. The summed E-state index contributed by atoms with van der Waals surface area (Å²) in [5.41, 5.74) is 1.43. The fraction of sp³-hybridized carbons (Fsp3) is 0.333. The summed E-state index contributed by atoms with van der Waals surface area (Å²) in [4.78, 5) is 10.4. The molecule has 0 saturated heterocycles. The van der Waals surface area contributed by atoms with Gasteiger partial charge in [0, 0.05) is 17.7 Å². The Bertz CT molecular complexity index is 665. The molecule has 2 aromatic rings. The Morgan fingerprint density at radius 3 is 2.71 bits per heavy atom. The summed E-state index contributed by atoms with van der Waals surface area (Å²) < 4.78 is 5.77. The first kappa shape index (κ1) is 15.5. The van der Waals surface area contributed by atoms with Crippen LogP contribution in [0.2, 0.25) is 5.02 Å². The van der Waals surface area contributed by atoms with Crippen LogP contribution in [-0.4, -0.2) is 11.0 Å². The summed E-state index contributed by atoms with van der Waals surface area (Å²) in [5, 5.41) is 14.2. The lowest BCUT2D eigenvalue weighted by Gasteiger charge is -2.06. The molecule has 1 N–H and O–H groups in total. The van der Waals surface area contributed by atoms with Gasteiger partial charge in [-0.2, -0.15) is 0 Å². The molecule has 0 atom stereocenters. The fourth-order valence-corrected chi connectivity index (χ4v) is 2.23. The minimum absolute atomic E-state index is 0.0915. The van der Waals surface area contributed by atoms with E-state index in [4.69, 9.17) is 16.0 Å². The highest BCUT2D eigenvalue weighted by atomic mass is 35.5. The Morgan fingerprint density at radius 2 is 2.10 bits per heavy atom. The molecule has 0 aliphatic rings. The number of aryl methyl sites for hydroxylation is 1. The van der Waals surface area contributed by atoms with E-state index in [1.54, 1.807) is 13.0 Å². The van der Waals surface area contributed by atoms with Gasteiger partial charge in [-0.15, -0.1) is 0 Å². The molecule has 0 fully saturated rings. The first-order valence-corrected chi connectivity index (χ1v) is 7.03. The fourth-order valence-electron chi connectivity index (χ4n) is 1.99. The topological polar surface area (TPSA) is 68.3 Å². The van der Waals surface area contributed by atoms with E-state index in [2.05, 4.69) is 19.2 Å². The third-order valence-corrected chi connectivity index (χ3v) is 3.40. The second-order valence-electron chi connectivity index (χ2n) is 5.18. The molecule has 6 heteroatoms. The minimum Gasteiger partial charge on any atom is -0.460 e. The van der Waals surface area contributed by atoms with Gasteiger partial charge in [-0.05, 0) is 30.7 Å². The number of halogens is 1. The molecule has 0 unspecified atom stereocenters. The van der Waals surface area contributed by atoms with Gasteiger partial charge < -0.3 is 9.73 Å². The first-order chi connectivity index (χ1) is 9.88. The zero-order valence-electron chi connectivity index (χ0n) is 12.1. The van der Waals surface area contributed by atoms with E-state index in [-0.39, 0.29) is 10.7 Å². The van der Waals surface area contributed by atoms with E-state index in [1.807, 2.05) is 12.1 Å². The van der Waals surface area contributed by atoms with Crippen LogP contribution in [0.4, 0.5) is 5.69 Å². The molecule has 1 aromatic heterocycles. The second kappa shape index (κ2) is 6.28. The maximum absolute atomic E-state index is 10.9. The van der Waals surface area contributed by atoms with Crippen molar-refractivity contribution in [1.82, 2.24) is 5.32 Å². The third kappa shape index (κ3) is 3.62. The number of nitrogens with one attached hydrogen (secondary N) is 1. The van der Waals surface area contributed by atoms with E-state index >= 15 is 0 Å². The predicted molar refractivity (Wildman–Crippen MR) is 82.5 cm³/mol. The van der Waals surface area contributed by atoms with Gasteiger partial charge in [-0.1, -0.05) is 25.4 Å². The zero-order chi connectivity index (χ0) is 15.6. The molecule has 1 heterocycles. The van der Waals surface area contributed by atoms with Crippen LogP contribution >= 0.6 is 11.6 Å². The van der Waals surface area contributed by atoms with Crippen molar-refractivity contribution in [2.24, 2.45) is 0 Å². The number of hydrogen-bond donors (Lipinski definition) is 1. The summed E-state index contributed by atoms with van der Waals surface area (Å²) in [6.07, 6.45) is 0. The monoisotopic (exact) mass is 308 g/mol. The van der Waals surface area contributed by atoms with Crippen LogP contribution in [0.1, 0.15) is 25.2 Å². The second-order valence-corrected chi connectivity index (χ2v) is 5.58. The highest BCUT2D eigenvalue weighted by molar-refractivity contribution is 6.33. The number of nitro benzene ring substituents is 1. The van der Waals surface area contributed by atoms with Crippen LogP contribution in [0.15, 0.2) is 28.7 Å². The lowest BCUT2D eigenvalue weighted by atomic mass is 10.1. The predicted octanol–water partition coefficient (Wildman–Crippen LogP) is 4.31. The Balaban J connectivity index is 2.30. The number of rotatable bonds is 5. The molecule has 2 rings (SSSR count). The first-order valence-electron chi connectivity index (χ1n) is 6.65. The van der Waals surface area contributed by atoms with Crippen molar-refractivity contribution in [3.05, 3.63) is 50.7 Å². The van der Waals surface area contributed by atoms with Crippen molar-refractivity contribution >= 4 is 17.3 Å². The highest BCUT2D eigenvalue weighted by Gasteiger charge is 2.17. The average molecular weight is 309 g/mol. The van der Waals surface area contributed by atoms with Crippen molar-refractivity contribution in [3.8, 4) is 11.3 Å². The molecular weight excluding hydrogens is 292 g/mol. The average Bonchev–Trinajstić information content (AvgIpc) is 2.87. The quantitative estimate of drug-likeness (QED) is 0.660. The Hall–Kier alpha value is -1.85. The summed E-state index contributed by atoms with van der Waals surface area (Å²) in [5.74, 6) is 1.47. The molecule has 0 bridgehead atoms. The van der Waals surface area contributed by atoms with Crippen molar-refractivity contribution in [2.45, 2.75) is 33.4 Å². The number of furan rings is 1. The molecule has 21 heavy (non-hydrogen) atoms. The Labute approximate surface area is 128 Å². The molecular formula is C15H17ClN2O3. The van der Waals surface area contributed by atoms with Gasteiger partial charge in [0.05, 0.1) is 11.5 Å². The van der Waals surface area contributed by atoms with Crippen LogP contribution in [-0.2, 0) is 6.54 Å². The van der Waals surface area contributed by atoms with E-state index in [9.17, 15) is 10.1 Å². The van der Waals surface area contributed by atoms with E-state index in [1.165, 1.54) is 6.07 Å². The molecule has 0 aliphatic carbocycles. The van der Waals surface area contributed by atoms with Gasteiger partial charge in [0.25, 0.3) is 5.69 Å². The molecule has 0 radical (unpaired) electrons. The normalized spacial score (nSPS) is 11.1. The largest absolute Gasteiger partial charge is 0.460 e. The van der Waals surface area contributed by atoms with Crippen LogP contribution in [0, 0.1) is 17.0 Å². The molecule has 0 saturated carbocycles. The van der Waals surface area contributed by atoms with Crippen LogP contribution in [0.25, 0.3) is 11.3 Å². The molecule has 0 spiro atoms. The molecule has 1 aromatic carbocycles. The number of benzene rings is 1. The molecule has 0 aliphatic heterocycles. The third-order valence-electron chi connectivity index (χ3n) is 3.10. The number of hydrogen-bond acceptors (Lipinski definition) is 4. The van der Waals surface area contributed by atoms with Gasteiger partial charge in [0.2, 0.25) is 0 Å². The van der Waals surface area contributed by atoms with Crippen molar-refractivity contribution in [1.29, 1.82) is 0 Å². The van der Waals surface area contributed by atoms with Crippen LogP contribution in [0.3, 0.4) is 0 Å². The molecule has 0 amide bonds. The minimum atomic E-state index is -0.487. The van der Waals surface area contributed by atoms with Gasteiger partial charge in [0.1, 0.15) is 16.5 Å². The smallest absolute Gasteiger partial charge is 0.288 e. The lowest BCUT2D eigenvalue weighted by Crippen LogP contribution is -2.21. The highest BCUT2D eigenvalue weighted by Crippen LogP contribution is 2.34. The summed E-state index contributed by atoms with van der Waals surface area (Å²) in [6.45, 7) is 6.55. The SMILES string of the molecule is Cc1cc([N+](=O)[O-])c(Cl)cc1-c1ccc(CNC(C)C)o1. The van der Waals surface area contributed by atoms with Crippen molar-refractivity contribution in [3.63, 3.8) is 0 Å². The standard InChI is InChI=1S/C15H17ClN2O3/c1-9(2)17-8-11-4-5-15(21-11)12-7-13(16)14(18(19)20)6-10(12)3/h4-7,9,17H,8H2,1-3H3. The van der Waals surface area contributed by atoms with Gasteiger partial charge in [0.15, 0.2) is 0 Å². The van der Waals surface area contributed by atoms with Crippen LogP contribution in [0.5, 0.6) is 0 Å². The number of nitro groups is 1. The van der Waals surface area contributed by atoms with Crippen molar-refractivity contribution < 1.29 is 9.34 Å². The van der Waals surface area contributed by atoms with Crippen molar-refractivity contribution in [2.75, 3.05) is 0 Å². The summed E-state index contributed by atoms with van der Waals surface area (Å²) in [7, 11) is 0. The van der Waals surface area contributed by atoms with Gasteiger partial charge in [-0.3, -0.25) is 10.1 Å². The van der Waals surface area contributed by atoms with Gasteiger partial charge >= 0.3 is 0 Å². The zero-order valence-corrected chi connectivity index (χ0v) is 12.9. The maximum atomic E-state index is 10.9. The molecule has 5 nitrogen and oxygen atoms in total. The summed E-state index contributed by atoms with van der Waals surface area (Å²) in [6, 6.07) is 7.15. The van der Waals surface area contributed by atoms with Gasteiger partial charge in [-0.25, -0.2) is 0 Å². The van der Waals surface area contributed by atoms with E-state index in [0.717, 1.165) is 16.9 Å². The van der Waals surface area contributed by atoms with E-state index < -0.39 is 4.92 Å². The Kier molecular flexibility index (Phi) is 4.65. The maximum Gasteiger partial charge on any atom is 0.288 e. The van der Waals surface area contributed by atoms with Crippen LogP contribution < -0.4 is 5.32 Å². The number of nitrogens with zero attached hydrogens (tertiary/aromatic N) is 1. The Morgan fingerprint density at radius 1 is 1.38 bits per heavy atom.